The third-order valence-corrected chi connectivity index (χ3v) is 5.55. The lowest BCUT2D eigenvalue weighted by Crippen LogP contribution is -2.51. The highest BCUT2D eigenvalue weighted by Gasteiger charge is 2.50. The van der Waals surface area contributed by atoms with E-state index in [1.54, 1.807) is 0 Å². The van der Waals surface area contributed by atoms with Gasteiger partial charge in [0, 0.05) is 32.0 Å². The molecule has 6 nitrogen and oxygen atoms in total. The van der Waals surface area contributed by atoms with Crippen LogP contribution in [-0.4, -0.2) is 47.6 Å². The molecule has 126 valence electrons. The molecule has 0 bridgehead atoms. The summed E-state index contributed by atoms with van der Waals surface area (Å²) in [6, 6.07) is 4.22. The van der Waals surface area contributed by atoms with Gasteiger partial charge in [0.15, 0.2) is 11.5 Å². The maximum absolute atomic E-state index is 11.6. The Balaban J connectivity index is 1.66. The average Bonchev–Trinajstić information content (AvgIpc) is 3.15. The van der Waals surface area contributed by atoms with E-state index in [1.165, 1.54) is 12.5 Å². The molecule has 1 N–H and O–H groups in total. The van der Waals surface area contributed by atoms with Gasteiger partial charge in [0.2, 0.25) is 6.79 Å². The van der Waals surface area contributed by atoms with Gasteiger partial charge in [-0.1, -0.05) is 11.6 Å². The summed E-state index contributed by atoms with van der Waals surface area (Å²) >= 11 is 0. The molecule has 1 aliphatic carbocycles. The first-order chi connectivity index (χ1) is 11.6. The molecule has 6 heteroatoms. The van der Waals surface area contributed by atoms with E-state index >= 15 is 0 Å². The fourth-order valence-electron chi connectivity index (χ4n) is 4.67. The van der Waals surface area contributed by atoms with Crippen molar-refractivity contribution >= 4 is 5.97 Å². The fourth-order valence-corrected chi connectivity index (χ4v) is 4.67. The van der Waals surface area contributed by atoms with E-state index in [-0.39, 0.29) is 24.7 Å². The highest BCUT2D eigenvalue weighted by molar-refractivity contribution is 5.66. The zero-order valence-electron chi connectivity index (χ0n) is 13.4. The van der Waals surface area contributed by atoms with Gasteiger partial charge in [-0.15, -0.1) is 0 Å². The maximum Gasteiger partial charge on any atom is 0.303 e. The van der Waals surface area contributed by atoms with Crippen LogP contribution in [-0.2, 0) is 16.1 Å². The van der Waals surface area contributed by atoms with Gasteiger partial charge in [0.05, 0.1) is 0 Å². The molecule has 4 atom stereocenters. The van der Waals surface area contributed by atoms with E-state index in [0.717, 1.165) is 42.1 Å². The van der Waals surface area contributed by atoms with Crippen LogP contribution in [0.4, 0.5) is 0 Å². The molecule has 0 saturated carbocycles. The van der Waals surface area contributed by atoms with E-state index < -0.39 is 12.2 Å². The van der Waals surface area contributed by atoms with Crippen LogP contribution >= 0.6 is 0 Å². The smallest absolute Gasteiger partial charge is 0.303 e. The highest BCUT2D eigenvalue weighted by Crippen LogP contribution is 2.50. The topological polar surface area (TPSA) is 68.2 Å². The predicted octanol–water partition coefficient (Wildman–Crippen LogP) is 1.32. The van der Waals surface area contributed by atoms with Crippen LogP contribution < -0.4 is 9.47 Å². The van der Waals surface area contributed by atoms with Crippen LogP contribution in [0.3, 0.4) is 0 Å². The van der Waals surface area contributed by atoms with Gasteiger partial charge in [0.25, 0.3) is 0 Å². The Morgan fingerprint density at radius 2 is 2.12 bits per heavy atom. The molecule has 1 unspecified atom stereocenters. The second-order valence-electron chi connectivity index (χ2n) is 6.90. The lowest BCUT2D eigenvalue weighted by atomic mass is 9.73. The van der Waals surface area contributed by atoms with Crippen LogP contribution in [0.5, 0.6) is 11.5 Å². The SMILES string of the molecule is CC(=O)O[C@H]1[C@@H](O)C=C2CCN3Cc4cc5c(cc4[C@H]1C23)OCO5. The summed E-state index contributed by atoms with van der Waals surface area (Å²) in [6.07, 6.45) is 1.48. The number of ether oxygens (including phenoxy) is 3. The number of esters is 1. The number of carbonyl (C=O) groups excluding carboxylic acids is 1. The Labute approximate surface area is 139 Å². The van der Waals surface area contributed by atoms with E-state index in [2.05, 4.69) is 4.90 Å². The van der Waals surface area contributed by atoms with Crippen molar-refractivity contribution < 1.29 is 24.1 Å². The molecule has 1 aromatic carbocycles. The number of rotatable bonds is 1. The number of hydrogen-bond acceptors (Lipinski definition) is 6. The second kappa shape index (κ2) is 4.97. The van der Waals surface area contributed by atoms with Crippen molar-refractivity contribution in [3.63, 3.8) is 0 Å². The summed E-state index contributed by atoms with van der Waals surface area (Å²) in [4.78, 5) is 14.0. The Morgan fingerprint density at radius 1 is 1.33 bits per heavy atom. The molecule has 3 aliphatic heterocycles. The second-order valence-corrected chi connectivity index (χ2v) is 6.90. The quantitative estimate of drug-likeness (QED) is 0.619. The largest absolute Gasteiger partial charge is 0.459 e. The molecular weight excluding hydrogens is 310 g/mol. The molecule has 24 heavy (non-hydrogen) atoms. The van der Waals surface area contributed by atoms with Crippen LogP contribution in [0.2, 0.25) is 0 Å². The first-order valence-corrected chi connectivity index (χ1v) is 8.34. The Bertz CT molecular complexity index is 758. The molecular formula is C18H19NO5. The third-order valence-electron chi connectivity index (χ3n) is 5.55. The summed E-state index contributed by atoms with van der Waals surface area (Å²) in [5.74, 6) is 1.05. The highest BCUT2D eigenvalue weighted by atomic mass is 16.7. The number of carbonyl (C=O) groups is 1. The van der Waals surface area contributed by atoms with E-state index in [0.29, 0.717) is 0 Å². The minimum atomic E-state index is -0.776. The van der Waals surface area contributed by atoms with Crippen LogP contribution in [0.25, 0.3) is 0 Å². The Morgan fingerprint density at radius 3 is 2.92 bits per heavy atom. The molecule has 4 aliphatic rings. The molecule has 1 saturated heterocycles. The summed E-state index contributed by atoms with van der Waals surface area (Å²) in [5.41, 5.74) is 3.51. The predicted molar refractivity (Wildman–Crippen MR) is 83.8 cm³/mol. The van der Waals surface area contributed by atoms with Gasteiger partial charge in [-0.2, -0.15) is 0 Å². The molecule has 1 aromatic rings. The number of fused-ring (bicyclic) bond motifs is 3. The van der Waals surface area contributed by atoms with Crippen LogP contribution in [0.15, 0.2) is 23.8 Å². The van der Waals surface area contributed by atoms with E-state index in [4.69, 9.17) is 14.2 Å². The lowest BCUT2D eigenvalue weighted by molar-refractivity contribution is -0.154. The average molecular weight is 329 g/mol. The van der Waals surface area contributed by atoms with E-state index in [9.17, 15) is 9.90 Å². The van der Waals surface area contributed by atoms with Crippen LogP contribution in [0, 0.1) is 0 Å². The number of benzene rings is 1. The Kier molecular flexibility index (Phi) is 2.96. The first kappa shape index (κ1) is 14.3. The zero-order chi connectivity index (χ0) is 16.4. The molecule has 1 fully saturated rings. The van der Waals surface area contributed by atoms with Gasteiger partial charge >= 0.3 is 5.97 Å². The number of hydrogen-bond donors (Lipinski definition) is 1. The van der Waals surface area contributed by atoms with Crippen molar-refractivity contribution in [2.75, 3.05) is 13.3 Å². The van der Waals surface area contributed by atoms with Gasteiger partial charge in [-0.25, -0.2) is 0 Å². The minimum absolute atomic E-state index is 0.0790. The van der Waals surface area contributed by atoms with Crippen LogP contribution in [0.1, 0.15) is 30.4 Å². The number of aliphatic hydroxyl groups is 1. The molecule has 0 aromatic heterocycles. The van der Waals surface area contributed by atoms with Crippen molar-refractivity contribution in [3.8, 4) is 11.5 Å². The summed E-state index contributed by atoms with van der Waals surface area (Å²) in [5, 5.41) is 10.6. The molecule has 0 spiro atoms. The fraction of sp³-hybridized carbons (Fsp3) is 0.500. The van der Waals surface area contributed by atoms with Crippen molar-refractivity contribution in [2.45, 2.75) is 44.1 Å². The molecule has 0 radical (unpaired) electrons. The molecule has 3 heterocycles. The third kappa shape index (κ3) is 1.93. The summed E-state index contributed by atoms with van der Waals surface area (Å²) in [6.45, 7) is 3.42. The minimum Gasteiger partial charge on any atom is -0.459 e. The van der Waals surface area contributed by atoms with Gasteiger partial charge in [-0.05, 0) is 29.7 Å². The maximum atomic E-state index is 11.6. The lowest BCUT2D eigenvalue weighted by Gasteiger charge is -2.45. The normalized spacial score (nSPS) is 32.8. The number of aliphatic hydroxyl groups excluding tert-OH is 1. The molecule has 0 amide bonds. The van der Waals surface area contributed by atoms with E-state index in [1.807, 2.05) is 18.2 Å². The van der Waals surface area contributed by atoms with Crippen molar-refractivity contribution in [1.82, 2.24) is 4.90 Å². The molecule has 5 rings (SSSR count). The van der Waals surface area contributed by atoms with Crippen molar-refractivity contribution in [2.24, 2.45) is 0 Å². The van der Waals surface area contributed by atoms with Gasteiger partial charge < -0.3 is 19.3 Å². The van der Waals surface area contributed by atoms with Crippen molar-refractivity contribution in [1.29, 1.82) is 0 Å². The summed E-state index contributed by atoms with van der Waals surface area (Å²) < 4.78 is 16.6. The summed E-state index contributed by atoms with van der Waals surface area (Å²) in [7, 11) is 0. The number of nitrogens with zero attached hydrogens (tertiary/aromatic N) is 1. The standard InChI is InChI=1S/C18H19NO5/c1-9(20)24-18-13(21)4-10-2-3-19-7-11-5-14-15(23-8-22-14)6-12(11)16(18)17(10)19/h4-6,13,16-18,21H,2-3,7-8H2,1H3/t13-,16-,17?,18-/m0/s1. The Hall–Kier alpha value is -2.05. The van der Waals surface area contributed by atoms with Gasteiger partial charge in [-0.3, -0.25) is 9.69 Å². The van der Waals surface area contributed by atoms with Crippen molar-refractivity contribution in [3.05, 3.63) is 34.9 Å². The first-order valence-electron chi connectivity index (χ1n) is 8.34. The van der Waals surface area contributed by atoms with Gasteiger partial charge in [0.1, 0.15) is 12.2 Å². The zero-order valence-corrected chi connectivity index (χ0v) is 13.4. The monoisotopic (exact) mass is 329 g/mol.